The molecule has 4 fully saturated rings. The average molecular weight is 532 g/mol. The van der Waals surface area contributed by atoms with Gasteiger partial charge >= 0.3 is 12.1 Å². The highest BCUT2D eigenvalue weighted by Gasteiger charge is 2.56. The molecular weight excluding hydrogens is 502 g/mol. The molecule has 3 N–H and O–H groups in total. The van der Waals surface area contributed by atoms with Gasteiger partial charge in [-0.05, 0) is 73.5 Å². The summed E-state index contributed by atoms with van der Waals surface area (Å²) in [5.74, 6) is -0.767. The summed E-state index contributed by atoms with van der Waals surface area (Å²) in [5.41, 5.74) is 0.880. The zero-order valence-corrected chi connectivity index (χ0v) is 20.6. The van der Waals surface area contributed by atoms with Crippen molar-refractivity contribution in [2.75, 3.05) is 24.7 Å². The normalized spacial score (nSPS) is 29.5. The smallest absolute Gasteiger partial charge is 0.407 e. The molecule has 4 bridgehead atoms. The Labute approximate surface area is 204 Å². The number of benzene rings is 1. The fourth-order valence-corrected chi connectivity index (χ4v) is 7.00. The van der Waals surface area contributed by atoms with E-state index in [9.17, 15) is 26.4 Å². The van der Waals surface area contributed by atoms with Crippen LogP contribution in [-0.2, 0) is 29.7 Å². The number of ether oxygens (including phenoxy) is 2. The lowest BCUT2D eigenvalue weighted by atomic mass is 9.48. The van der Waals surface area contributed by atoms with Gasteiger partial charge in [-0.1, -0.05) is 12.1 Å². The highest BCUT2D eigenvalue weighted by Crippen LogP contribution is 2.61. The first-order valence-electron chi connectivity index (χ1n) is 11.4. The second-order valence-electron chi connectivity index (χ2n) is 9.87. The van der Waals surface area contributed by atoms with E-state index in [1.54, 1.807) is 18.2 Å². The van der Waals surface area contributed by atoms with Crippen LogP contribution < -0.4 is 5.32 Å². The molecule has 194 valence electrons. The van der Waals surface area contributed by atoms with E-state index in [2.05, 4.69) is 5.32 Å². The van der Waals surface area contributed by atoms with Crippen LogP contribution in [0.2, 0.25) is 0 Å². The molecule has 4 aliphatic rings. The molecule has 4 saturated carbocycles. The number of esters is 1. The average Bonchev–Trinajstić information content (AvgIpc) is 2.71. The maximum absolute atomic E-state index is 12.4. The second-order valence-corrected chi connectivity index (χ2v) is 13.0. The minimum absolute atomic E-state index is 0.197. The highest BCUT2D eigenvalue weighted by molar-refractivity contribution is 7.86. The van der Waals surface area contributed by atoms with Gasteiger partial charge in [0.2, 0.25) is 0 Å². The zero-order valence-electron chi connectivity index (χ0n) is 19.0. The van der Waals surface area contributed by atoms with Gasteiger partial charge in [0.05, 0.1) is 5.56 Å². The molecule has 0 aliphatic heterocycles. The van der Waals surface area contributed by atoms with Crippen LogP contribution in [0.5, 0.6) is 0 Å². The van der Waals surface area contributed by atoms with Crippen LogP contribution >= 0.6 is 0 Å². The van der Waals surface area contributed by atoms with E-state index in [-0.39, 0.29) is 17.8 Å². The second kappa shape index (κ2) is 9.68. The van der Waals surface area contributed by atoms with Crippen molar-refractivity contribution in [3.05, 3.63) is 35.4 Å². The van der Waals surface area contributed by atoms with Gasteiger partial charge in [-0.25, -0.2) is 9.59 Å². The molecule has 35 heavy (non-hydrogen) atoms. The fraction of sp³-hybridized carbons (Fsp3) is 0.636. The van der Waals surface area contributed by atoms with Gasteiger partial charge in [0.15, 0.2) is 0 Å². The zero-order chi connectivity index (χ0) is 25.4. The molecule has 1 amide bonds. The Balaban J connectivity index is 1.41. The lowest BCUT2D eigenvalue weighted by molar-refractivity contribution is -0.0368. The summed E-state index contributed by atoms with van der Waals surface area (Å²) >= 11 is 0. The van der Waals surface area contributed by atoms with E-state index in [0.717, 1.165) is 37.7 Å². The van der Waals surface area contributed by atoms with Crippen LogP contribution in [0.3, 0.4) is 0 Å². The third-order valence-electron chi connectivity index (χ3n) is 7.30. The summed E-state index contributed by atoms with van der Waals surface area (Å²) in [6, 6.07) is 7.10. The van der Waals surface area contributed by atoms with Crippen molar-refractivity contribution in [2.24, 2.45) is 17.8 Å². The largest absolute Gasteiger partial charge is 0.461 e. The van der Waals surface area contributed by atoms with Gasteiger partial charge in [0.25, 0.3) is 20.2 Å². The lowest BCUT2D eigenvalue weighted by Crippen LogP contribution is -2.61. The first-order chi connectivity index (χ1) is 16.3. The van der Waals surface area contributed by atoms with Crippen molar-refractivity contribution in [1.82, 2.24) is 5.32 Å². The Hall–Kier alpha value is -2.22. The molecule has 11 nitrogen and oxygen atoms in total. The van der Waals surface area contributed by atoms with E-state index < -0.39 is 62.6 Å². The van der Waals surface area contributed by atoms with Crippen molar-refractivity contribution in [2.45, 2.75) is 43.6 Å². The molecule has 2 atom stereocenters. The van der Waals surface area contributed by atoms with Gasteiger partial charge < -0.3 is 14.8 Å². The molecular formula is C22H29NO10S2. The first kappa shape index (κ1) is 25.9. The van der Waals surface area contributed by atoms with Crippen LogP contribution in [0.15, 0.2) is 24.3 Å². The Morgan fingerprint density at radius 1 is 0.943 bits per heavy atom. The summed E-state index contributed by atoms with van der Waals surface area (Å²) in [7, 11) is -8.43. The lowest BCUT2D eigenvalue weighted by Gasteiger charge is -2.60. The third kappa shape index (κ3) is 6.51. The number of nitrogens with one attached hydrogen (secondary N) is 1. The van der Waals surface area contributed by atoms with Gasteiger partial charge in [-0.3, -0.25) is 9.11 Å². The van der Waals surface area contributed by atoms with Crippen molar-refractivity contribution in [3.63, 3.8) is 0 Å². The summed E-state index contributed by atoms with van der Waals surface area (Å²) in [6.07, 6.45) is 3.63. The SMILES string of the molecule is O=C(NC12CC3CC(C1)C(c1cccc(C(=O)OCCS(=O)(=O)O)c1)C(C3)C2)OCCS(=O)(=O)O. The summed E-state index contributed by atoms with van der Waals surface area (Å²) in [5, 5.41) is 2.97. The minimum atomic E-state index is -4.22. The quantitative estimate of drug-likeness (QED) is 0.316. The molecule has 1 aromatic rings. The molecule has 13 heteroatoms. The number of amides is 1. The number of alkyl carbamates (subject to hydrolysis) is 1. The van der Waals surface area contributed by atoms with E-state index in [4.69, 9.17) is 18.6 Å². The number of carbonyl (C=O) groups is 2. The van der Waals surface area contributed by atoms with Crippen LogP contribution in [-0.4, -0.2) is 68.3 Å². The van der Waals surface area contributed by atoms with Crippen molar-refractivity contribution in [3.8, 4) is 0 Å². The highest BCUT2D eigenvalue weighted by atomic mass is 32.2. The number of rotatable bonds is 9. The Morgan fingerprint density at radius 2 is 1.54 bits per heavy atom. The third-order valence-corrected chi connectivity index (χ3v) is 8.66. The Bertz CT molecular complexity index is 1180. The van der Waals surface area contributed by atoms with Crippen LogP contribution in [0.1, 0.15) is 53.9 Å². The monoisotopic (exact) mass is 531 g/mol. The minimum Gasteiger partial charge on any atom is -0.461 e. The van der Waals surface area contributed by atoms with Gasteiger partial charge in [-0.2, -0.15) is 16.8 Å². The molecule has 1 aromatic carbocycles. The number of hydrogen-bond acceptors (Lipinski definition) is 8. The first-order valence-corrected chi connectivity index (χ1v) is 14.7. The number of carbonyl (C=O) groups excluding carboxylic acids is 2. The Morgan fingerprint density at radius 3 is 2.14 bits per heavy atom. The maximum atomic E-state index is 12.4. The van der Waals surface area contributed by atoms with Crippen LogP contribution in [0.25, 0.3) is 0 Å². The molecule has 4 aliphatic carbocycles. The topological polar surface area (TPSA) is 173 Å². The molecule has 5 rings (SSSR count). The number of hydrogen-bond donors (Lipinski definition) is 3. The molecule has 2 unspecified atom stereocenters. The van der Waals surface area contributed by atoms with Crippen molar-refractivity contribution in [1.29, 1.82) is 0 Å². The van der Waals surface area contributed by atoms with E-state index >= 15 is 0 Å². The molecule has 0 spiro atoms. The van der Waals surface area contributed by atoms with Crippen molar-refractivity contribution >= 4 is 32.3 Å². The van der Waals surface area contributed by atoms with E-state index in [0.29, 0.717) is 11.5 Å². The fourth-order valence-electron chi connectivity index (χ4n) is 6.41. The van der Waals surface area contributed by atoms with Crippen molar-refractivity contribution < 1.29 is 45.0 Å². The van der Waals surface area contributed by atoms with Gasteiger partial charge in [-0.15, -0.1) is 0 Å². The summed E-state index contributed by atoms with van der Waals surface area (Å²) < 4.78 is 70.9. The predicted octanol–water partition coefficient (Wildman–Crippen LogP) is 2.01. The van der Waals surface area contributed by atoms with E-state index in [1.165, 1.54) is 0 Å². The summed E-state index contributed by atoms with van der Waals surface area (Å²) in [4.78, 5) is 24.7. The van der Waals surface area contributed by atoms with Gasteiger partial charge in [0, 0.05) is 5.54 Å². The Kier molecular flexibility index (Phi) is 7.15. The van der Waals surface area contributed by atoms with Crippen LogP contribution in [0.4, 0.5) is 4.79 Å². The molecule has 0 heterocycles. The van der Waals surface area contributed by atoms with Crippen LogP contribution in [0, 0.1) is 17.8 Å². The molecule has 0 saturated heterocycles. The maximum Gasteiger partial charge on any atom is 0.407 e. The predicted molar refractivity (Wildman–Crippen MR) is 123 cm³/mol. The standard InChI is InChI=1S/C22H29NO10S2/c24-20(32-4-6-34(26,27)28)16-3-1-2-15(10-16)19-17-8-14-9-18(19)13-22(11-14,12-17)23-21(25)33-5-7-35(29,30)31/h1-3,10,14,17-19H,4-9,11-13H2,(H,23,25)(H,26,27,28)(H,29,30,31). The summed E-state index contributed by atoms with van der Waals surface area (Å²) in [6.45, 7) is -0.862. The molecule has 0 aromatic heterocycles. The van der Waals surface area contributed by atoms with E-state index in [1.807, 2.05) is 6.07 Å². The molecule has 0 radical (unpaired) electrons. The van der Waals surface area contributed by atoms with Gasteiger partial charge in [0.1, 0.15) is 24.7 Å².